The van der Waals surface area contributed by atoms with Gasteiger partial charge in [0.1, 0.15) is 19.3 Å². The van der Waals surface area contributed by atoms with Gasteiger partial charge in [-0.1, -0.05) is 414 Å². The Morgan fingerprint density at radius 1 is 0.255 bits per heavy atom. The second-order valence-electron chi connectivity index (χ2n) is 32.2. The summed E-state index contributed by atoms with van der Waals surface area (Å²) in [6.07, 6.45) is 70.9. The third-order valence-corrected chi connectivity index (χ3v) is 22.4. The summed E-state index contributed by atoms with van der Waals surface area (Å²) in [5.41, 5.74) is 0. The van der Waals surface area contributed by atoms with Crippen LogP contribution in [0, 0.1) is 11.8 Å². The predicted molar refractivity (Wildman–Crippen MR) is 437 cm³/mol. The number of aliphatic hydroxyl groups is 1. The Hall–Kier alpha value is -1.94. The zero-order chi connectivity index (χ0) is 77.8. The number of aliphatic hydroxyl groups excluding tert-OH is 1. The second-order valence-corrected chi connectivity index (χ2v) is 35.1. The van der Waals surface area contributed by atoms with E-state index in [0.717, 1.165) is 102 Å². The maximum absolute atomic E-state index is 13.2. The molecule has 0 aliphatic carbocycles. The van der Waals surface area contributed by atoms with Crippen LogP contribution < -0.4 is 0 Å². The van der Waals surface area contributed by atoms with Crippen LogP contribution in [0.15, 0.2) is 0 Å². The third-order valence-electron chi connectivity index (χ3n) is 20.5. The number of carbonyl (C=O) groups excluding carboxylic acids is 4. The van der Waals surface area contributed by atoms with Crippen LogP contribution in [0.3, 0.4) is 0 Å². The number of phosphoric acid groups is 2. The summed E-state index contributed by atoms with van der Waals surface area (Å²) in [5.74, 6) is -0.516. The van der Waals surface area contributed by atoms with Gasteiger partial charge in [0.05, 0.1) is 26.4 Å². The maximum Gasteiger partial charge on any atom is 0.472 e. The van der Waals surface area contributed by atoms with E-state index in [1.807, 2.05) is 0 Å². The SMILES string of the molecule is CCCCCCCCCCCCCCCCCCCCCCCC(=O)OC[C@H](COP(=O)(O)OC[C@@H](O)COP(=O)(O)OC[C@@H](COC(=O)CCCCCCCCCCCC)OC(=O)CCCCCCCCCCCCCC(C)C)OC(=O)CCCCCCCCCCCCCCCCCCCCC(C)C. The molecule has 0 saturated heterocycles. The number of rotatable bonds is 86. The highest BCUT2D eigenvalue weighted by Crippen LogP contribution is 2.45. The minimum Gasteiger partial charge on any atom is -0.462 e. The van der Waals surface area contributed by atoms with Crippen molar-refractivity contribution in [3.05, 3.63) is 0 Å². The first-order valence-electron chi connectivity index (χ1n) is 45.0. The van der Waals surface area contributed by atoms with Crippen LogP contribution in [0.2, 0.25) is 0 Å². The van der Waals surface area contributed by atoms with E-state index in [1.165, 1.54) is 283 Å². The molecule has 5 atom stereocenters. The Labute approximate surface area is 651 Å². The maximum atomic E-state index is 13.2. The van der Waals surface area contributed by atoms with E-state index in [9.17, 15) is 43.2 Å². The molecule has 19 heteroatoms. The van der Waals surface area contributed by atoms with E-state index in [2.05, 4.69) is 41.5 Å². The lowest BCUT2D eigenvalue weighted by Gasteiger charge is -2.21. The zero-order valence-electron chi connectivity index (χ0n) is 69.7. The molecule has 0 heterocycles. The van der Waals surface area contributed by atoms with Gasteiger partial charge in [-0.3, -0.25) is 37.3 Å². The number of carbonyl (C=O) groups is 4. The lowest BCUT2D eigenvalue weighted by atomic mass is 10.0. The first-order valence-corrected chi connectivity index (χ1v) is 48.0. The average Bonchev–Trinajstić information content (AvgIpc) is 0.899. The molecule has 17 nitrogen and oxygen atoms in total. The van der Waals surface area contributed by atoms with Crippen LogP contribution in [0.5, 0.6) is 0 Å². The summed E-state index contributed by atoms with van der Waals surface area (Å²) in [6.45, 7) is 9.70. The van der Waals surface area contributed by atoms with E-state index < -0.39 is 97.5 Å². The third kappa shape index (κ3) is 80.1. The number of unbranched alkanes of at least 4 members (excludes halogenated alkanes) is 56. The zero-order valence-corrected chi connectivity index (χ0v) is 71.5. The largest absolute Gasteiger partial charge is 0.472 e. The molecule has 0 radical (unpaired) electrons. The molecular formula is C87H170O17P2. The Balaban J connectivity index is 5.21. The Kier molecular flexibility index (Phi) is 76.9. The van der Waals surface area contributed by atoms with Gasteiger partial charge in [-0.25, -0.2) is 9.13 Å². The van der Waals surface area contributed by atoms with Gasteiger partial charge in [0, 0.05) is 25.7 Å². The fourth-order valence-corrected chi connectivity index (χ4v) is 15.2. The molecular weight excluding hydrogens is 1380 g/mol. The van der Waals surface area contributed by atoms with E-state index >= 15 is 0 Å². The van der Waals surface area contributed by atoms with Crippen molar-refractivity contribution >= 4 is 39.5 Å². The van der Waals surface area contributed by atoms with Crippen molar-refractivity contribution in [3.63, 3.8) is 0 Å². The molecule has 0 spiro atoms. The van der Waals surface area contributed by atoms with Crippen LogP contribution in [0.25, 0.3) is 0 Å². The minimum atomic E-state index is -4.97. The van der Waals surface area contributed by atoms with Crippen molar-refractivity contribution in [2.45, 2.75) is 484 Å². The molecule has 0 saturated carbocycles. The quantitative estimate of drug-likeness (QED) is 0.0222. The fraction of sp³-hybridized carbons (Fsp3) is 0.954. The Bertz CT molecular complexity index is 2030. The molecule has 0 bridgehead atoms. The molecule has 3 N–H and O–H groups in total. The Morgan fingerprint density at radius 3 is 0.642 bits per heavy atom. The van der Waals surface area contributed by atoms with Crippen molar-refractivity contribution in [2.75, 3.05) is 39.6 Å². The summed E-state index contributed by atoms with van der Waals surface area (Å²) in [7, 11) is -9.93. The minimum absolute atomic E-state index is 0.107. The molecule has 0 amide bonds. The number of hydrogen-bond donors (Lipinski definition) is 3. The molecule has 0 aromatic rings. The molecule has 0 aliphatic rings. The monoisotopic (exact) mass is 1550 g/mol. The lowest BCUT2D eigenvalue weighted by molar-refractivity contribution is -0.161. The summed E-state index contributed by atoms with van der Waals surface area (Å²) >= 11 is 0. The molecule has 0 aliphatic heterocycles. The molecule has 0 rings (SSSR count). The van der Waals surface area contributed by atoms with Crippen molar-refractivity contribution < 1.29 is 80.2 Å². The first-order chi connectivity index (χ1) is 51.4. The van der Waals surface area contributed by atoms with Gasteiger partial charge in [-0.2, -0.15) is 0 Å². The molecule has 0 aromatic carbocycles. The van der Waals surface area contributed by atoms with Crippen LogP contribution >= 0.6 is 15.6 Å². The van der Waals surface area contributed by atoms with Crippen LogP contribution in [0.1, 0.15) is 465 Å². The highest BCUT2D eigenvalue weighted by atomic mass is 31.2. The molecule has 0 aromatic heterocycles. The highest BCUT2D eigenvalue weighted by Gasteiger charge is 2.30. The Morgan fingerprint density at radius 2 is 0.434 bits per heavy atom. The summed E-state index contributed by atoms with van der Waals surface area (Å²) in [4.78, 5) is 73.2. The van der Waals surface area contributed by atoms with Gasteiger partial charge in [-0.15, -0.1) is 0 Å². The van der Waals surface area contributed by atoms with Crippen molar-refractivity contribution in [2.24, 2.45) is 11.8 Å². The van der Waals surface area contributed by atoms with E-state index in [-0.39, 0.29) is 25.7 Å². The first kappa shape index (κ1) is 104. The smallest absolute Gasteiger partial charge is 0.462 e. The molecule has 0 fully saturated rings. The van der Waals surface area contributed by atoms with Crippen LogP contribution in [-0.2, 0) is 65.4 Å². The van der Waals surface area contributed by atoms with Crippen LogP contribution in [0.4, 0.5) is 0 Å². The lowest BCUT2D eigenvalue weighted by Crippen LogP contribution is -2.30. The molecule has 2 unspecified atom stereocenters. The van der Waals surface area contributed by atoms with Crippen LogP contribution in [-0.4, -0.2) is 96.7 Å². The molecule has 630 valence electrons. The van der Waals surface area contributed by atoms with Gasteiger partial charge >= 0.3 is 39.5 Å². The van der Waals surface area contributed by atoms with Gasteiger partial charge in [0.25, 0.3) is 0 Å². The number of ether oxygens (including phenoxy) is 4. The van der Waals surface area contributed by atoms with Gasteiger partial charge in [0.15, 0.2) is 12.2 Å². The average molecular weight is 1550 g/mol. The summed E-state index contributed by atoms with van der Waals surface area (Å²) < 4.78 is 68.9. The highest BCUT2D eigenvalue weighted by molar-refractivity contribution is 7.47. The second kappa shape index (κ2) is 78.3. The number of phosphoric ester groups is 2. The summed E-state index contributed by atoms with van der Waals surface area (Å²) in [5, 5.41) is 10.7. The standard InChI is InChI=1S/C87H170O17P2/c1-7-9-11-13-15-17-19-20-21-22-23-24-25-29-32-35-40-46-52-58-64-70-85(90)98-76-83(103-86(91)71-65-59-53-47-41-36-33-30-27-26-28-31-34-38-43-49-55-61-67-79(3)4)78-102-106(95,96)100-74-81(88)73-99-105(93,94)101-77-82(75-97-84(89)69-63-57-51-45-18-16-14-12-10-8-2)104-87(92)72-66-60-54-48-42-37-39-44-50-56-62-68-80(5)6/h79-83,88H,7-78H2,1-6H3,(H,93,94)(H,95,96)/t81-,82+,83+/m0/s1. The van der Waals surface area contributed by atoms with Gasteiger partial charge < -0.3 is 33.8 Å². The topological polar surface area (TPSA) is 237 Å². The number of esters is 4. The van der Waals surface area contributed by atoms with Gasteiger partial charge in [0.2, 0.25) is 0 Å². The van der Waals surface area contributed by atoms with Crippen molar-refractivity contribution in [1.82, 2.24) is 0 Å². The van der Waals surface area contributed by atoms with E-state index in [1.54, 1.807) is 0 Å². The van der Waals surface area contributed by atoms with Crippen molar-refractivity contribution in [3.8, 4) is 0 Å². The van der Waals surface area contributed by atoms with E-state index in [0.29, 0.717) is 25.7 Å². The predicted octanol–water partition coefficient (Wildman–Crippen LogP) is 26.6. The van der Waals surface area contributed by atoms with Crippen molar-refractivity contribution in [1.29, 1.82) is 0 Å². The molecule has 106 heavy (non-hydrogen) atoms. The fourth-order valence-electron chi connectivity index (χ4n) is 13.6. The normalized spacial score (nSPS) is 13.8. The van der Waals surface area contributed by atoms with E-state index in [4.69, 9.17) is 37.0 Å². The van der Waals surface area contributed by atoms with Gasteiger partial charge in [-0.05, 0) is 37.5 Å². The number of hydrogen-bond acceptors (Lipinski definition) is 15. The summed E-state index contributed by atoms with van der Waals surface area (Å²) in [6, 6.07) is 0.